The molecular weight excluding hydrogens is 310 g/mol. The van der Waals surface area contributed by atoms with E-state index in [0.717, 1.165) is 40.7 Å². The predicted octanol–water partition coefficient (Wildman–Crippen LogP) is 4.77. The van der Waals surface area contributed by atoms with Crippen LogP contribution in [-0.4, -0.2) is 22.8 Å². The summed E-state index contributed by atoms with van der Waals surface area (Å²) < 4.78 is 5.57. The third-order valence-electron chi connectivity index (χ3n) is 5.26. The first-order valence-corrected chi connectivity index (χ1v) is 9.00. The van der Waals surface area contributed by atoms with Crippen molar-refractivity contribution in [3.05, 3.63) is 63.6 Å². The highest BCUT2D eigenvalue weighted by atomic mass is 16.5. The van der Waals surface area contributed by atoms with Gasteiger partial charge in [0.2, 0.25) is 0 Å². The first-order valence-electron chi connectivity index (χ1n) is 9.00. The molecule has 1 unspecified atom stereocenters. The van der Waals surface area contributed by atoms with E-state index in [-0.39, 0.29) is 0 Å². The molecule has 0 saturated carbocycles. The molecule has 0 aromatic carbocycles. The van der Waals surface area contributed by atoms with Crippen molar-refractivity contribution in [1.29, 1.82) is 0 Å². The van der Waals surface area contributed by atoms with Crippen LogP contribution in [0, 0.1) is 13.8 Å². The fraction of sp³-hybridized carbons (Fsp3) is 0.381. The summed E-state index contributed by atoms with van der Waals surface area (Å²) in [4.78, 5) is 11.8. The lowest BCUT2D eigenvalue weighted by Gasteiger charge is -2.17. The summed E-state index contributed by atoms with van der Waals surface area (Å²) in [5, 5.41) is 0. The summed E-state index contributed by atoms with van der Waals surface area (Å²) in [6.07, 6.45) is 7.76. The average Bonchev–Trinajstić information content (AvgIpc) is 3.25. The number of hydrogen-bond acceptors (Lipinski definition) is 2. The summed E-state index contributed by atoms with van der Waals surface area (Å²) >= 11 is 0. The number of methoxy groups -OCH3 is 1. The second kappa shape index (κ2) is 6.10. The molecule has 0 radical (unpaired) electrons. The minimum atomic E-state index is 0.626. The highest BCUT2D eigenvalue weighted by molar-refractivity contribution is 6.11. The molecule has 0 amide bonds. The van der Waals surface area contributed by atoms with E-state index in [1.54, 1.807) is 7.11 Å². The van der Waals surface area contributed by atoms with Gasteiger partial charge in [0.25, 0.3) is 0 Å². The van der Waals surface area contributed by atoms with Crippen LogP contribution >= 0.6 is 0 Å². The van der Waals surface area contributed by atoms with E-state index in [2.05, 4.69) is 48.9 Å². The first-order chi connectivity index (χ1) is 12.0. The first kappa shape index (κ1) is 16.0. The van der Waals surface area contributed by atoms with Gasteiger partial charge >= 0.3 is 0 Å². The number of fused-ring (bicyclic) bond motifs is 1. The number of aromatic nitrogens is 2. The third kappa shape index (κ3) is 2.86. The molecule has 2 aromatic rings. The van der Waals surface area contributed by atoms with Gasteiger partial charge in [0.1, 0.15) is 11.5 Å². The molecule has 0 saturated heterocycles. The van der Waals surface area contributed by atoms with Crippen LogP contribution in [0.3, 0.4) is 0 Å². The van der Waals surface area contributed by atoms with E-state index in [9.17, 15) is 0 Å². The second-order valence-electron chi connectivity index (χ2n) is 7.20. The fourth-order valence-electron chi connectivity index (χ4n) is 3.89. The molecule has 2 aromatic heterocycles. The van der Waals surface area contributed by atoms with E-state index < -0.39 is 0 Å². The monoisotopic (exact) mass is 335 g/mol. The molecule has 1 aliphatic carbocycles. The number of H-pyrrole nitrogens is 2. The topological polar surface area (TPSA) is 53.2 Å². The summed E-state index contributed by atoms with van der Waals surface area (Å²) in [5.41, 5.74) is 9.18. The molecule has 25 heavy (non-hydrogen) atoms. The number of aromatic amines is 2. The van der Waals surface area contributed by atoms with Gasteiger partial charge in [-0.15, -0.1) is 0 Å². The van der Waals surface area contributed by atoms with Crippen LogP contribution in [0.2, 0.25) is 0 Å². The Morgan fingerprint density at radius 1 is 1.24 bits per heavy atom. The highest BCUT2D eigenvalue weighted by Crippen LogP contribution is 2.33. The van der Waals surface area contributed by atoms with E-state index in [1.807, 2.05) is 6.08 Å². The molecule has 0 bridgehead atoms. The minimum absolute atomic E-state index is 0.626. The maximum absolute atomic E-state index is 5.57. The number of aryl methyl sites for hydroxylation is 3. The van der Waals surface area contributed by atoms with Crippen molar-refractivity contribution in [2.75, 3.05) is 7.11 Å². The summed E-state index contributed by atoms with van der Waals surface area (Å²) in [7, 11) is 1.70. The van der Waals surface area contributed by atoms with Crippen molar-refractivity contribution in [3.8, 4) is 0 Å². The number of aliphatic imine (C=N–C) groups is 1. The van der Waals surface area contributed by atoms with Gasteiger partial charge in [0.05, 0.1) is 18.5 Å². The van der Waals surface area contributed by atoms with Gasteiger partial charge in [-0.3, -0.25) is 0 Å². The maximum Gasteiger partial charge on any atom is 0.146 e. The molecular formula is C21H25N3O. The number of nitrogens with zero attached hydrogens (tertiary/aromatic N) is 1. The fourth-order valence-corrected chi connectivity index (χ4v) is 3.89. The molecule has 0 fully saturated rings. The molecule has 1 atom stereocenters. The molecule has 1 aliphatic heterocycles. The van der Waals surface area contributed by atoms with E-state index in [4.69, 9.17) is 9.73 Å². The van der Waals surface area contributed by atoms with Crippen LogP contribution in [0.4, 0.5) is 0 Å². The predicted molar refractivity (Wildman–Crippen MR) is 102 cm³/mol. The average molecular weight is 335 g/mol. The molecule has 3 heterocycles. The van der Waals surface area contributed by atoms with E-state index in [0.29, 0.717) is 5.92 Å². The van der Waals surface area contributed by atoms with Crippen LogP contribution < -0.4 is 0 Å². The van der Waals surface area contributed by atoms with Gasteiger partial charge in [-0.05, 0) is 68.4 Å². The molecule has 2 N–H and O–H groups in total. The number of ether oxygens (including phenoxy) is 1. The Labute approximate surface area is 148 Å². The van der Waals surface area contributed by atoms with Gasteiger partial charge in [-0.1, -0.05) is 6.92 Å². The quantitative estimate of drug-likeness (QED) is 0.834. The summed E-state index contributed by atoms with van der Waals surface area (Å²) in [5.74, 6) is 1.43. The Morgan fingerprint density at radius 3 is 2.76 bits per heavy atom. The van der Waals surface area contributed by atoms with Crippen LogP contribution in [0.25, 0.3) is 6.08 Å². The molecule has 4 nitrogen and oxygen atoms in total. The van der Waals surface area contributed by atoms with Crippen LogP contribution in [0.1, 0.15) is 59.6 Å². The van der Waals surface area contributed by atoms with Crippen molar-refractivity contribution in [2.45, 2.75) is 46.0 Å². The zero-order chi connectivity index (χ0) is 17.6. The summed E-state index contributed by atoms with van der Waals surface area (Å²) in [6.45, 7) is 6.48. The number of hydrogen-bond donors (Lipinski definition) is 2. The molecule has 2 aliphatic rings. The molecule has 4 rings (SSSR count). The van der Waals surface area contributed by atoms with Crippen molar-refractivity contribution in [2.24, 2.45) is 4.99 Å². The highest BCUT2D eigenvalue weighted by Gasteiger charge is 2.23. The maximum atomic E-state index is 5.57. The SMILES string of the molecule is COC1=CC(c2cc3c([nH]2)CCCC3C)=N/C1=C\c1[nH]c(C)cc1C. The van der Waals surface area contributed by atoms with Gasteiger partial charge in [-0.25, -0.2) is 4.99 Å². The smallest absolute Gasteiger partial charge is 0.146 e. The van der Waals surface area contributed by atoms with Gasteiger partial charge < -0.3 is 14.7 Å². The van der Waals surface area contributed by atoms with Crippen LogP contribution in [0.5, 0.6) is 0 Å². The zero-order valence-corrected chi connectivity index (χ0v) is 15.4. The Kier molecular flexibility index (Phi) is 3.91. The van der Waals surface area contributed by atoms with E-state index in [1.165, 1.54) is 29.7 Å². The molecule has 4 heteroatoms. The van der Waals surface area contributed by atoms with Gasteiger partial charge in [0.15, 0.2) is 0 Å². The van der Waals surface area contributed by atoms with Gasteiger partial charge in [0, 0.05) is 23.2 Å². The Hall–Kier alpha value is -2.49. The summed E-state index contributed by atoms with van der Waals surface area (Å²) in [6, 6.07) is 4.41. The van der Waals surface area contributed by atoms with Gasteiger partial charge in [-0.2, -0.15) is 0 Å². The largest absolute Gasteiger partial charge is 0.494 e. The Bertz CT molecular complexity index is 908. The van der Waals surface area contributed by atoms with Crippen molar-refractivity contribution in [3.63, 3.8) is 0 Å². The second-order valence-corrected chi connectivity index (χ2v) is 7.20. The van der Waals surface area contributed by atoms with Crippen LogP contribution in [-0.2, 0) is 11.2 Å². The lowest BCUT2D eigenvalue weighted by molar-refractivity contribution is 0.303. The standard InChI is InChI=1S/C21H25N3O/c1-12-6-5-7-16-15(12)9-18(23-16)19-11-21(25-4)20(24-19)10-17-13(2)8-14(3)22-17/h8-12,22-23H,5-7H2,1-4H3/b20-10-. The van der Waals surface area contributed by atoms with Crippen LogP contribution in [0.15, 0.2) is 34.7 Å². The lowest BCUT2D eigenvalue weighted by Crippen LogP contribution is -2.04. The zero-order valence-electron chi connectivity index (χ0n) is 15.4. The lowest BCUT2D eigenvalue weighted by atomic mass is 9.88. The minimum Gasteiger partial charge on any atom is -0.494 e. The third-order valence-corrected chi connectivity index (χ3v) is 5.26. The Morgan fingerprint density at radius 2 is 2.08 bits per heavy atom. The van der Waals surface area contributed by atoms with Crippen molar-refractivity contribution >= 4 is 11.8 Å². The van der Waals surface area contributed by atoms with Crippen molar-refractivity contribution in [1.82, 2.24) is 9.97 Å². The molecule has 0 spiro atoms. The van der Waals surface area contributed by atoms with E-state index >= 15 is 0 Å². The number of nitrogens with one attached hydrogen (secondary N) is 2. The normalized spacial score (nSPS) is 21.3. The number of rotatable bonds is 3. The molecule has 130 valence electrons. The Balaban J connectivity index is 1.72. The van der Waals surface area contributed by atoms with Crippen molar-refractivity contribution < 1.29 is 4.74 Å². The number of allylic oxidation sites excluding steroid dienone is 1.